The van der Waals surface area contributed by atoms with Crippen molar-refractivity contribution in [2.75, 3.05) is 19.6 Å². The minimum atomic E-state index is -0.651. The number of benzene rings is 1. The van der Waals surface area contributed by atoms with Crippen molar-refractivity contribution in [2.45, 2.75) is 0 Å². The molecule has 2 amide bonds. The number of carbonyl (C=O) groups is 2. The fraction of sp³-hybridized carbons (Fsp3) is 0.273. The lowest BCUT2D eigenvalue weighted by molar-refractivity contribution is -0.384. The maximum Gasteiger partial charge on any atom is 0.288 e. The molecule has 1 aliphatic rings. The second-order valence-corrected chi connectivity index (χ2v) is 4.35. The van der Waals surface area contributed by atoms with Gasteiger partial charge in [-0.05, 0) is 6.07 Å². The van der Waals surface area contributed by atoms with Crippen molar-refractivity contribution in [1.29, 1.82) is 0 Å². The average Bonchev–Trinajstić information content (AvgIpc) is 2.38. The van der Waals surface area contributed by atoms with Crippen molar-refractivity contribution in [1.82, 2.24) is 10.2 Å². The Balaban J connectivity index is 2.31. The zero-order valence-electron chi connectivity index (χ0n) is 9.76. The van der Waals surface area contributed by atoms with Crippen LogP contribution in [0.5, 0.6) is 0 Å². The van der Waals surface area contributed by atoms with E-state index in [1.165, 1.54) is 23.1 Å². The van der Waals surface area contributed by atoms with Gasteiger partial charge in [-0.2, -0.15) is 0 Å². The van der Waals surface area contributed by atoms with Gasteiger partial charge in [-0.25, -0.2) is 0 Å². The minimum Gasteiger partial charge on any atom is -0.353 e. The summed E-state index contributed by atoms with van der Waals surface area (Å²) >= 11 is 5.86. The van der Waals surface area contributed by atoms with Crippen molar-refractivity contribution in [3.8, 4) is 0 Å². The Labute approximate surface area is 113 Å². The topological polar surface area (TPSA) is 92.5 Å². The molecule has 1 heterocycles. The Morgan fingerprint density at radius 2 is 2.21 bits per heavy atom. The molecule has 0 aromatic heterocycles. The highest BCUT2D eigenvalue weighted by Gasteiger charge is 2.26. The van der Waals surface area contributed by atoms with E-state index >= 15 is 0 Å². The van der Waals surface area contributed by atoms with E-state index in [4.69, 9.17) is 11.6 Å². The lowest BCUT2D eigenvalue weighted by Crippen LogP contribution is -2.50. The highest BCUT2D eigenvalue weighted by atomic mass is 35.5. The van der Waals surface area contributed by atoms with Gasteiger partial charge in [0.1, 0.15) is 5.02 Å². The molecule has 7 nitrogen and oxygen atoms in total. The number of halogens is 1. The number of amides is 2. The molecular weight excluding hydrogens is 274 g/mol. The Kier molecular flexibility index (Phi) is 3.66. The number of nitrogens with zero attached hydrogens (tertiary/aromatic N) is 2. The standard InChI is InChI=1S/C11H10ClN3O4/c12-10-7(2-1-3-8(10)15(18)19)11(17)14-5-4-13-9(16)6-14/h1-3H,4-6H2,(H,13,16). The number of carbonyl (C=O) groups excluding carboxylic acids is 2. The highest BCUT2D eigenvalue weighted by Crippen LogP contribution is 2.28. The van der Waals surface area contributed by atoms with Gasteiger partial charge in [-0.15, -0.1) is 0 Å². The van der Waals surface area contributed by atoms with Gasteiger partial charge < -0.3 is 10.2 Å². The molecule has 1 fully saturated rings. The van der Waals surface area contributed by atoms with Crippen LogP contribution in [0.4, 0.5) is 5.69 Å². The van der Waals surface area contributed by atoms with Crippen LogP contribution in [0, 0.1) is 10.1 Å². The van der Waals surface area contributed by atoms with E-state index in [0.717, 1.165) is 0 Å². The molecule has 8 heteroatoms. The first-order valence-corrected chi connectivity index (χ1v) is 5.87. The quantitative estimate of drug-likeness (QED) is 0.642. The number of rotatable bonds is 2. The molecule has 1 aliphatic heterocycles. The van der Waals surface area contributed by atoms with Gasteiger partial charge in [-0.1, -0.05) is 17.7 Å². The lowest BCUT2D eigenvalue weighted by Gasteiger charge is -2.26. The van der Waals surface area contributed by atoms with E-state index in [1.807, 2.05) is 0 Å². The number of hydrogen-bond acceptors (Lipinski definition) is 4. The fourth-order valence-electron chi connectivity index (χ4n) is 1.81. The summed E-state index contributed by atoms with van der Waals surface area (Å²) in [6, 6.07) is 4.02. The van der Waals surface area contributed by atoms with Gasteiger partial charge in [0, 0.05) is 19.2 Å². The predicted octanol–water partition coefficient (Wildman–Crippen LogP) is 0.820. The molecule has 19 heavy (non-hydrogen) atoms. The molecule has 0 spiro atoms. The second-order valence-electron chi connectivity index (χ2n) is 3.97. The van der Waals surface area contributed by atoms with Crippen molar-refractivity contribution < 1.29 is 14.5 Å². The van der Waals surface area contributed by atoms with Gasteiger partial charge in [-0.3, -0.25) is 19.7 Å². The van der Waals surface area contributed by atoms with Crippen LogP contribution in [0.25, 0.3) is 0 Å². The van der Waals surface area contributed by atoms with Crippen LogP contribution < -0.4 is 5.32 Å². The van der Waals surface area contributed by atoms with E-state index in [9.17, 15) is 19.7 Å². The number of piperazine rings is 1. The second kappa shape index (κ2) is 5.23. The first-order chi connectivity index (χ1) is 9.00. The maximum absolute atomic E-state index is 12.2. The Morgan fingerprint density at radius 3 is 2.84 bits per heavy atom. The molecular formula is C11H10ClN3O4. The van der Waals surface area contributed by atoms with Crippen molar-refractivity contribution in [3.63, 3.8) is 0 Å². The summed E-state index contributed by atoms with van der Waals surface area (Å²) in [6.45, 7) is 0.637. The summed E-state index contributed by atoms with van der Waals surface area (Å²) in [7, 11) is 0. The third-order valence-electron chi connectivity index (χ3n) is 2.73. The van der Waals surface area contributed by atoms with E-state index in [0.29, 0.717) is 13.1 Å². The van der Waals surface area contributed by atoms with Crippen LogP contribution in [-0.4, -0.2) is 41.3 Å². The molecule has 2 rings (SSSR count). The van der Waals surface area contributed by atoms with Crippen LogP contribution in [0.2, 0.25) is 5.02 Å². The summed E-state index contributed by atoms with van der Waals surface area (Å²) < 4.78 is 0. The summed E-state index contributed by atoms with van der Waals surface area (Å²) in [5.41, 5.74) is -0.292. The minimum absolute atomic E-state index is 0.0329. The zero-order valence-corrected chi connectivity index (χ0v) is 10.5. The van der Waals surface area contributed by atoms with E-state index < -0.39 is 10.8 Å². The molecule has 0 bridgehead atoms. The smallest absolute Gasteiger partial charge is 0.288 e. The number of nitro groups is 1. The van der Waals surface area contributed by atoms with Crippen LogP contribution in [-0.2, 0) is 4.79 Å². The molecule has 0 atom stereocenters. The lowest BCUT2D eigenvalue weighted by atomic mass is 10.1. The molecule has 1 aromatic rings. The van der Waals surface area contributed by atoms with Crippen LogP contribution in [0.1, 0.15) is 10.4 Å². The van der Waals surface area contributed by atoms with E-state index in [2.05, 4.69) is 5.32 Å². The van der Waals surface area contributed by atoms with Crippen LogP contribution >= 0.6 is 11.6 Å². The summed E-state index contributed by atoms with van der Waals surface area (Å²) in [5, 5.41) is 13.1. The molecule has 1 aromatic carbocycles. The highest BCUT2D eigenvalue weighted by molar-refractivity contribution is 6.35. The monoisotopic (exact) mass is 283 g/mol. The predicted molar refractivity (Wildman–Crippen MR) is 67.0 cm³/mol. The van der Waals surface area contributed by atoms with Gasteiger partial charge >= 0.3 is 0 Å². The Hall–Kier alpha value is -2.15. The van der Waals surface area contributed by atoms with Crippen molar-refractivity contribution >= 4 is 29.1 Å². The molecule has 1 N–H and O–H groups in total. The van der Waals surface area contributed by atoms with E-state index in [-0.39, 0.29) is 28.7 Å². The Bertz CT molecular complexity index is 561. The van der Waals surface area contributed by atoms with Gasteiger partial charge in [0.15, 0.2) is 0 Å². The van der Waals surface area contributed by atoms with E-state index in [1.54, 1.807) is 0 Å². The summed E-state index contributed by atoms with van der Waals surface area (Å²) in [6.07, 6.45) is 0. The molecule has 0 unspecified atom stereocenters. The normalized spacial score (nSPS) is 15.0. The molecule has 0 radical (unpaired) electrons. The average molecular weight is 284 g/mol. The third kappa shape index (κ3) is 2.65. The van der Waals surface area contributed by atoms with Crippen LogP contribution in [0.3, 0.4) is 0 Å². The van der Waals surface area contributed by atoms with Gasteiger partial charge in [0.2, 0.25) is 5.91 Å². The first kappa shape index (κ1) is 13.3. The number of nitro benzene ring substituents is 1. The molecule has 0 aliphatic carbocycles. The van der Waals surface area contributed by atoms with Crippen LogP contribution in [0.15, 0.2) is 18.2 Å². The summed E-state index contributed by atoms with van der Waals surface area (Å²) in [4.78, 5) is 34.8. The third-order valence-corrected chi connectivity index (χ3v) is 3.13. The molecule has 0 saturated carbocycles. The molecule has 1 saturated heterocycles. The number of hydrogen-bond donors (Lipinski definition) is 1. The number of nitrogens with one attached hydrogen (secondary N) is 1. The van der Waals surface area contributed by atoms with Gasteiger partial charge in [0.05, 0.1) is 17.0 Å². The summed E-state index contributed by atoms with van der Waals surface area (Å²) in [5.74, 6) is -0.746. The largest absolute Gasteiger partial charge is 0.353 e. The SMILES string of the molecule is O=C1CN(C(=O)c2cccc([N+](=O)[O-])c2Cl)CCN1. The van der Waals surface area contributed by atoms with Crippen molar-refractivity contribution in [3.05, 3.63) is 38.9 Å². The van der Waals surface area contributed by atoms with Crippen molar-refractivity contribution in [2.24, 2.45) is 0 Å². The Morgan fingerprint density at radius 1 is 1.47 bits per heavy atom. The fourth-order valence-corrected chi connectivity index (χ4v) is 2.08. The van der Waals surface area contributed by atoms with Gasteiger partial charge in [0.25, 0.3) is 11.6 Å². The zero-order chi connectivity index (χ0) is 14.0. The maximum atomic E-state index is 12.2. The molecule has 100 valence electrons. The first-order valence-electron chi connectivity index (χ1n) is 5.49.